The molecule has 3 rings (SSSR count). The van der Waals surface area contributed by atoms with Crippen molar-refractivity contribution in [1.82, 2.24) is 10.2 Å². The number of carbonyl (C=O) groups is 2. The Hall–Kier alpha value is -3.02. The van der Waals surface area contributed by atoms with Crippen LogP contribution in [0.2, 0.25) is 0 Å². The number of hydrogen-bond acceptors (Lipinski definition) is 4. The normalized spacial score (nSPS) is 16.2. The Labute approximate surface area is 158 Å². The highest BCUT2D eigenvalue weighted by Gasteiger charge is 2.33. The van der Waals surface area contributed by atoms with E-state index in [9.17, 15) is 14.7 Å². The van der Waals surface area contributed by atoms with Crippen LogP contribution in [0.5, 0.6) is 11.5 Å². The lowest BCUT2D eigenvalue weighted by atomic mass is 10.1. The van der Waals surface area contributed by atoms with E-state index in [-0.39, 0.29) is 17.6 Å². The maximum atomic E-state index is 12.6. The fourth-order valence-corrected chi connectivity index (χ4v) is 3.35. The average molecular weight is 368 g/mol. The molecule has 1 unspecified atom stereocenters. The minimum absolute atomic E-state index is 0.0230. The van der Waals surface area contributed by atoms with Crippen LogP contribution in [0.4, 0.5) is 0 Å². The molecule has 2 aromatic carbocycles. The minimum Gasteiger partial charge on any atom is -0.504 e. The molecule has 27 heavy (non-hydrogen) atoms. The lowest BCUT2D eigenvalue weighted by molar-refractivity contribution is -0.138. The summed E-state index contributed by atoms with van der Waals surface area (Å²) in [5.41, 5.74) is 1.77. The van der Waals surface area contributed by atoms with Crippen molar-refractivity contribution in [3.05, 3.63) is 59.7 Å². The first-order chi connectivity index (χ1) is 13.1. The van der Waals surface area contributed by atoms with Gasteiger partial charge in [0.2, 0.25) is 11.8 Å². The molecule has 6 heteroatoms. The Morgan fingerprint density at radius 2 is 1.96 bits per heavy atom. The predicted octanol–water partition coefficient (Wildman–Crippen LogP) is 2.25. The SMILES string of the molecule is COc1cc(CNC(=O)C2CCCN2C(=O)Cc2ccccc2)ccc1O. The van der Waals surface area contributed by atoms with Crippen molar-refractivity contribution >= 4 is 11.8 Å². The van der Waals surface area contributed by atoms with E-state index >= 15 is 0 Å². The second-order valence-electron chi connectivity index (χ2n) is 6.63. The van der Waals surface area contributed by atoms with Crippen LogP contribution in [0.15, 0.2) is 48.5 Å². The number of likely N-dealkylation sites (tertiary alicyclic amines) is 1. The van der Waals surface area contributed by atoms with Gasteiger partial charge in [0, 0.05) is 13.1 Å². The van der Waals surface area contributed by atoms with Crippen molar-refractivity contribution in [3.8, 4) is 11.5 Å². The van der Waals surface area contributed by atoms with Gasteiger partial charge in [0.25, 0.3) is 0 Å². The van der Waals surface area contributed by atoms with Crippen LogP contribution in [0.1, 0.15) is 24.0 Å². The molecular weight excluding hydrogens is 344 g/mol. The molecule has 1 fully saturated rings. The van der Waals surface area contributed by atoms with Crippen LogP contribution >= 0.6 is 0 Å². The molecule has 0 radical (unpaired) electrons. The second-order valence-corrected chi connectivity index (χ2v) is 6.63. The third-order valence-electron chi connectivity index (χ3n) is 4.78. The molecule has 1 aliphatic rings. The number of phenols is 1. The number of aromatic hydroxyl groups is 1. The third-order valence-corrected chi connectivity index (χ3v) is 4.78. The van der Waals surface area contributed by atoms with Crippen molar-refractivity contribution in [1.29, 1.82) is 0 Å². The number of nitrogens with zero attached hydrogens (tertiary/aromatic N) is 1. The molecule has 0 aliphatic carbocycles. The first-order valence-electron chi connectivity index (χ1n) is 9.05. The Morgan fingerprint density at radius 1 is 1.19 bits per heavy atom. The smallest absolute Gasteiger partial charge is 0.243 e. The van der Waals surface area contributed by atoms with Gasteiger partial charge in [-0.05, 0) is 36.1 Å². The van der Waals surface area contributed by atoms with E-state index in [1.54, 1.807) is 17.0 Å². The van der Waals surface area contributed by atoms with Gasteiger partial charge in [0.15, 0.2) is 11.5 Å². The molecule has 6 nitrogen and oxygen atoms in total. The van der Waals surface area contributed by atoms with Gasteiger partial charge in [-0.25, -0.2) is 0 Å². The Balaban J connectivity index is 1.59. The van der Waals surface area contributed by atoms with Gasteiger partial charge in [0.1, 0.15) is 6.04 Å². The van der Waals surface area contributed by atoms with Gasteiger partial charge in [-0.1, -0.05) is 36.4 Å². The molecule has 142 valence electrons. The van der Waals surface area contributed by atoms with E-state index < -0.39 is 6.04 Å². The van der Waals surface area contributed by atoms with Crippen molar-refractivity contribution < 1.29 is 19.4 Å². The molecule has 1 aliphatic heterocycles. The summed E-state index contributed by atoms with van der Waals surface area (Å²) in [5.74, 6) is 0.245. The fourth-order valence-electron chi connectivity index (χ4n) is 3.35. The summed E-state index contributed by atoms with van der Waals surface area (Å²) < 4.78 is 5.08. The van der Waals surface area contributed by atoms with Crippen molar-refractivity contribution in [3.63, 3.8) is 0 Å². The molecule has 2 amide bonds. The maximum absolute atomic E-state index is 12.6. The van der Waals surface area contributed by atoms with E-state index in [1.807, 2.05) is 30.3 Å². The lowest BCUT2D eigenvalue weighted by Gasteiger charge is -2.24. The Kier molecular flexibility index (Phi) is 5.96. The molecule has 0 bridgehead atoms. The van der Waals surface area contributed by atoms with E-state index in [4.69, 9.17) is 4.74 Å². The van der Waals surface area contributed by atoms with Gasteiger partial charge in [-0.3, -0.25) is 9.59 Å². The zero-order valence-corrected chi connectivity index (χ0v) is 15.4. The molecule has 0 spiro atoms. The summed E-state index contributed by atoms with van der Waals surface area (Å²) in [6, 6.07) is 14.1. The predicted molar refractivity (Wildman–Crippen MR) is 101 cm³/mol. The van der Waals surface area contributed by atoms with Crippen LogP contribution in [0.25, 0.3) is 0 Å². The van der Waals surface area contributed by atoms with Gasteiger partial charge in [0.05, 0.1) is 13.5 Å². The number of nitrogens with one attached hydrogen (secondary N) is 1. The van der Waals surface area contributed by atoms with Gasteiger partial charge in [-0.2, -0.15) is 0 Å². The number of amides is 2. The van der Waals surface area contributed by atoms with Gasteiger partial charge < -0.3 is 20.1 Å². The standard InChI is InChI=1S/C21H24N2O4/c1-27-19-12-16(9-10-18(19)24)14-22-21(26)17-8-5-11-23(17)20(25)13-15-6-3-2-4-7-15/h2-4,6-7,9-10,12,17,24H,5,8,11,13-14H2,1H3,(H,22,26). The highest BCUT2D eigenvalue weighted by molar-refractivity contribution is 5.89. The zero-order chi connectivity index (χ0) is 19.2. The number of methoxy groups -OCH3 is 1. The van der Waals surface area contributed by atoms with Gasteiger partial charge in [-0.15, -0.1) is 0 Å². The topological polar surface area (TPSA) is 78.9 Å². The van der Waals surface area contributed by atoms with Crippen LogP contribution in [-0.2, 0) is 22.6 Å². The van der Waals surface area contributed by atoms with E-state index in [2.05, 4.69) is 5.32 Å². The maximum Gasteiger partial charge on any atom is 0.243 e. The molecule has 0 saturated carbocycles. The number of ether oxygens (including phenoxy) is 1. The summed E-state index contributed by atoms with van der Waals surface area (Å²) in [7, 11) is 1.48. The van der Waals surface area contributed by atoms with E-state index in [1.165, 1.54) is 13.2 Å². The fraction of sp³-hybridized carbons (Fsp3) is 0.333. The van der Waals surface area contributed by atoms with Crippen LogP contribution < -0.4 is 10.1 Å². The zero-order valence-electron chi connectivity index (χ0n) is 15.4. The van der Waals surface area contributed by atoms with Crippen LogP contribution in [0.3, 0.4) is 0 Å². The highest BCUT2D eigenvalue weighted by atomic mass is 16.5. The molecular formula is C21H24N2O4. The van der Waals surface area contributed by atoms with Crippen molar-refractivity contribution in [2.45, 2.75) is 31.8 Å². The average Bonchev–Trinajstić information content (AvgIpc) is 3.18. The summed E-state index contributed by atoms with van der Waals surface area (Å²) in [5, 5.41) is 12.5. The minimum atomic E-state index is -0.430. The summed E-state index contributed by atoms with van der Waals surface area (Å²) >= 11 is 0. The number of phenolic OH excluding ortho intramolecular Hbond substituents is 1. The van der Waals surface area contributed by atoms with Crippen molar-refractivity contribution in [2.24, 2.45) is 0 Å². The summed E-state index contributed by atoms with van der Waals surface area (Å²) in [4.78, 5) is 26.9. The van der Waals surface area contributed by atoms with Crippen LogP contribution in [-0.4, -0.2) is 41.5 Å². The van der Waals surface area contributed by atoms with E-state index in [0.29, 0.717) is 31.7 Å². The first kappa shape index (κ1) is 18.8. The molecule has 2 aromatic rings. The molecule has 1 saturated heterocycles. The largest absolute Gasteiger partial charge is 0.504 e. The number of benzene rings is 2. The molecule has 0 aromatic heterocycles. The molecule has 1 heterocycles. The molecule has 2 N–H and O–H groups in total. The monoisotopic (exact) mass is 368 g/mol. The highest BCUT2D eigenvalue weighted by Crippen LogP contribution is 2.26. The number of carbonyl (C=O) groups excluding carboxylic acids is 2. The van der Waals surface area contributed by atoms with E-state index in [0.717, 1.165) is 17.5 Å². The molecule has 1 atom stereocenters. The van der Waals surface area contributed by atoms with Crippen LogP contribution in [0, 0.1) is 0 Å². The summed E-state index contributed by atoms with van der Waals surface area (Å²) in [6.45, 7) is 0.920. The third kappa shape index (κ3) is 4.58. The Morgan fingerprint density at radius 3 is 2.70 bits per heavy atom. The van der Waals surface area contributed by atoms with Crippen molar-refractivity contribution in [2.75, 3.05) is 13.7 Å². The summed E-state index contributed by atoms with van der Waals surface area (Å²) in [6.07, 6.45) is 1.80. The number of hydrogen-bond donors (Lipinski definition) is 2. The second kappa shape index (κ2) is 8.58. The van der Waals surface area contributed by atoms with Gasteiger partial charge >= 0.3 is 0 Å². The lowest BCUT2D eigenvalue weighted by Crippen LogP contribution is -2.46. The number of rotatable bonds is 6. The first-order valence-corrected chi connectivity index (χ1v) is 9.05. The quantitative estimate of drug-likeness (QED) is 0.820. The Bertz CT molecular complexity index is 807.